The van der Waals surface area contributed by atoms with E-state index >= 15 is 0 Å². The molecule has 0 saturated carbocycles. The highest BCUT2D eigenvalue weighted by Crippen LogP contribution is 2.24. The van der Waals surface area contributed by atoms with Gasteiger partial charge in [-0.15, -0.1) is 0 Å². The van der Waals surface area contributed by atoms with Crippen molar-refractivity contribution in [1.82, 2.24) is 25.7 Å². The molecule has 0 aliphatic carbocycles. The Morgan fingerprint density at radius 3 is 2.77 bits per heavy atom. The van der Waals surface area contributed by atoms with Gasteiger partial charge in [-0.2, -0.15) is 5.10 Å². The van der Waals surface area contributed by atoms with Crippen molar-refractivity contribution in [2.45, 2.75) is 31.0 Å². The fourth-order valence-electron chi connectivity index (χ4n) is 3.76. The van der Waals surface area contributed by atoms with Gasteiger partial charge in [-0.25, -0.2) is 0 Å². The summed E-state index contributed by atoms with van der Waals surface area (Å²) in [6.07, 6.45) is 1.99. The molecule has 2 aromatic rings. The minimum absolute atomic E-state index is 0.0713. The van der Waals surface area contributed by atoms with Crippen LogP contribution in [0.15, 0.2) is 24.3 Å². The van der Waals surface area contributed by atoms with Crippen molar-refractivity contribution >= 4 is 16.8 Å². The minimum Gasteiger partial charge on any atom is -0.348 e. The predicted molar refractivity (Wildman–Crippen MR) is 84.8 cm³/mol. The number of nitrogens with zero attached hydrogens (tertiary/aromatic N) is 2. The molecule has 0 spiro atoms. The number of hydrogen-bond donors (Lipinski definition) is 3. The van der Waals surface area contributed by atoms with Crippen molar-refractivity contribution in [1.29, 1.82) is 0 Å². The van der Waals surface area contributed by atoms with E-state index < -0.39 is 0 Å². The van der Waals surface area contributed by atoms with Crippen LogP contribution in [0.5, 0.6) is 0 Å². The molecule has 1 amide bonds. The van der Waals surface area contributed by atoms with Gasteiger partial charge in [0, 0.05) is 36.6 Å². The summed E-state index contributed by atoms with van der Waals surface area (Å²) in [6.45, 7) is 2.01. The molecule has 22 heavy (non-hydrogen) atoms. The van der Waals surface area contributed by atoms with Gasteiger partial charge in [-0.05, 0) is 26.0 Å². The summed E-state index contributed by atoms with van der Waals surface area (Å²) in [5, 5.41) is 14.7. The lowest BCUT2D eigenvalue weighted by atomic mass is 9.89. The van der Waals surface area contributed by atoms with E-state index in [1.807, 2.05) is 24.3 Å². The molecule has 2 aliphatic heterocycles. The number of amides is 1. The zero-order valence-electron chi connectivity index (χ0n) is 12.7. The highest BCUT2D eigenvalue weighted by atomic mass is 16.2. The lowest BCUT2D eigenvalue weighted by Gasteiger charge is -2.47. The van der Waals surface area contributed by atoms with Crippen molar-refractivity contribution in [3.8, 4) is 0 Å². The summed E-state index contributed by atoms with van der Waals surface area (Å²) in [7, 11) is 2.19. The van der Waals surface area contributed by atoms with E-state index in [0.717, 1.165) is 36.8 Å². The molecule has 2 bridgehead atoms. The third-order valence-electron chi connectivity index (χ3n) is 5.05. The van der Waals surface area contributed by atoms with Gasteiger partial charge >= 0.3 is 0 Å². The maximum absolute atomic E-state index is 12.6. The molecule has 1 aromatic carbocycles. The molecule has 3 heterocycles. The van der Waals surface area contributed by atoms with E-state index in [9.17, 15) is 4.79 Å². The molecule has 3 N–H and O–H groups in total. The largest absolute Gasteiger partial charge is 0.348 e. The van der Waals surface area contributed by atoms with Crippen LogP contribution < -0.4 is 10.6 Å². The SMILES string of the molecule is CN1[C@@H]2CNC[C@H]1CC(NC(=O)c1n[nH]c3ccccc13)C2. The number of nitrogens with one attached hydrogen (secondary N) is 3. The van der Waals surface area contributed by atoms with Gasteiger partial charge < -0.3 is 10.6 Å². The Kier molecular flexibility index (Phi) is 3.35. The first-order valence-corrected chi connectivity index (χ1v) is 7.89. The minimum atomic E-state index is -0.0713. The van der Waals surface area contributed by atoms with Crippen LogP contribution in [0.4, 0.5) is 0 Å². The van der Waals surface area contributed by atoms with Gasteiger partial charge in [0.2, 0.25) is 0 Å². The maximum atomic E-state index is 12.6. The fraction of sp³-hybridized carbons (Fsp3) is 0.500. The number of aromatic nitrogens is 2. The number of likely N-dealkylation sites (N-methyl/N-ethyl adjacent to an activating group) is 1. The van der Waals surface area contributed by atoms with Crippen molar-refractivity contribution in [3.63, 3.8) is 0 Å². The van der Waals surface area contributed by atoms with Crippen LogP contribution >= 0.6 is 0 Å². The first kappa shape index (κ1) is 13.7. The summed E-state index contributed by atoms with van der Waals surface area (Å²) in [6, 6.07) is 8.98. The van der Waals surface area contributed by atoms with Crippen LogP contribution in [0.3, 0.4) is 0 Å². The van der Waals surface area contributed by atoms with Crippen LogP contribution in [-0.2, 0) is 0 Å². The van der Waals surface area contributed by atoms with Crippen LogP contribution in [0.25, 0.3) is 10.9 Å². The highest BCUT2D eigenvalue weighted by molar-refractivity contribution is 6.04. The van der Waals surface area contributed by atoms with E-state index in [2.05, 4.69) is 32.8 Å². The Balaban J connectivity index is 1.50. The van der Waals surface area contributed by atoms with Crippen molar-refractivity contribution in [3.05, 3.63) is 30.0 Å². The Hall–Kier alpha value is -1.92. The standard InChI is InChI=1S/C16H21N5O/c1-21-11-6-10(7-12(21)9-17-8-11)18-16(22)15-13-4-2-3-5-14(13)19-20-15/h2-5,10-12,17H,6-9H2,1H3,(H,18,22)(H,19,20)/t10?,11-,12+. The normalized spacial score (nSPS) is 28.7. The van der Waals surface area contributed by atoms with E-state index in [0.29, 0.717) is 17.8 Å². The van der Waals surface area contributed by atoms with E-state index in [4.69, 9.17) is 0 Å². The van der Waals surface area contributed by atoms with Crippen LogP contribution in [0.2, 0.25) is 0 Å². The molecule has 4 rings (SSSR count). The maximum Gasteiger partial charge on any atom is 0.272 e. The van der Waals surface area contributed by atoms with E-state index in [-0.39, 0.29) is 11.9 Å². The second-order valence-electron chi connectivity index (χ2n) is 6.39. The molecule has 1 aromatic heterocycles. The molecule has 116 valence electrons. The van der Waals surface area contributed by atoms with Crippen molar-refractivity contribution < 1.29 is 4.79 Å². The molecule has 2 fully saturated rings. The topological polar surface area (TPSA) is 73.0 Å². The van der Waals surface area contributed by atoms with E-state index in [1.165, 1.54) is 0 Å². The van der Waals surface area contributed by atoms with Crippen molar-refractivity contribution in [2.24, 2.45) is 0 Å². The average Bonchev–Trinajstić information content (AvgIpc) is 2.92. The number of piperidine rings is 1. The average molecular weight is 299 g/mol. The van der Waals surface area contributed by atoms with Gasteiger partial charge in [0.25, 0.3) is 5.91 Å². The van der Waals surface area contributed by atoms with Gasteiger partial charge in [0.1, 0.15) is 0 Å². The quantitative estimate of drug-likeness (QED) is 0.764. The number of benzene rings is 1. The Bertz CT molecular complexity index is 683. The van der Waals surface area contributed by atoms with Crippen LogP contribution in [0.1, 0.15) is 23.3 Å². The summed E-state index contributed by atoms with van der Waals surface area (Å²) < 4.78 is 0. The molecule has 1 unspecified atom stereocenters. The van der Waals surface area contributed by atoms with Gasteiger partial charge in [-0.1, -0.05) is 18.2 Å². The van der Waals surface area contributed by atoms with E-state index in [1.54, 1.807) is 0 Å². The Labute approximate surface area is 129 Å². The number of carbonyl (C=O) groups excluding carboxylic acids is 1. The molecule has 2 aliphatic rings. The molecule has 0 radical (unpaired) electrons. The molecule has 3 atom stereocenters. The number of fused-ring (bicyclic) bond motifs is 3. The van der Waals surface area contributed by atoms with Crippen LogP contribution in [-0.4, -0.2) is 59.3 Å². The third-order valence-corrected chi connectivity index (χ3v) is 5.05. The predicted octanol–water partition coefficient (Wildman–Crippen LogP) is 0.727. The monoisotopic (exact) mass is 299 g/mol. The summed E-state index contributed by atoms with van der Waals surface area (Å²) >= 11 is 0. The number of piperazine rings is 1. The molecule has 6 heteroatoms. The highest BCUT2D eigenvalue weighted by Gasteiger charge is 2.36. The number of carbonyl (C=O) groups is 1. The first-order chi connectivity index (χ1) is 10.7. The Morgan fingerprint density at radius 2 is 2.00 bits per heavy atom. The molecule has 2 saturated heterocycles. The number of aromatic amines is 1. The zero-order chi connectivity index (χ0) is 15.1. The Morgan fingerprint density at radius 1 is 1.27 bits per heavy atom. The second-order valence-corrected chi connectivity index (χ2v) is 6.39. The summed E-state index contributed by atoms with van der Waals surface area (Å²) in [5.41, 5.74) is 1.40. The lowest BCUT2D eigenvalue weighted by Crippen LogP contribution is -2.62. The molecular formula is C16H21N5O. The number of H-pyrrole nitrogens is 1. The van der Waals surface area contributed by atoms with Crippen molar-refractivity contribution in [2.75, 3.05) is 20.1 Å². The summed E-state index contributed by atoms with van der Waals surface area (Å²) in [5.74, 6) is -0.0713. The van der Waals surface area contributed by atoms with Gasteiger partial charge in [-0.3, -0.25) is 14.8 Å². The first-order valence-electron chi connectivity index (χ1n) is 7.89. The number of rotatable bonds is 2. The van der Waals surface area contributed by atoms with Crippen LogP contribution in [0, 0.1) is 0 Å². The van der Waals surface area contributed by atoms with Gasteiger partial charge in [0.15, 0.2) is 5.69 Å². The smallest absolute Gasteiger partial charge is 0.272 e. The third kappa shape index (κ3) is 2.28. The fourth-order valence-corrected chi connectivity index (χ4v) is 3.76. The zero-order valence-corrected chi connectivity index (χ0v) is 12.7. The lowest BCUT2D eigenvalue weighted by molar-refractivity contribution is 0.0568. The second kappa shape index (κ2) is 5.37. The number of para-hydroxylation sites is 1. The number of hydrogen-bond acceptors (Lipinski definition) is 4. The summed E-state index contributed by atoms with van der Waals surface area (Å²) in [4.78, 5) is 15.0. The molecular weight excluding hydrogens is 278 g/mol. The van der Waals surface area contributed by atoms with Gasteiger partial charge in [0.05, 0.1) is 5.52 Å². The molecule has 6 nitrogen and oxygen atoms in total.